The minimum atomic E-state index is -0.344. The van der Waals surface area contributed by atoms with Crippen LogP contribution in [0.3, 0.4) is 0 Å². The van der Waals surface area contributed by atoms with Crippen molar-refractivity contribution < 1.29 is 4.79 Å². The fraction of sp³-hybridized carbons (Fsp3) is 0. The van der Waals surface area contributed by atoms with Crippen LogP contribution in [0.1, 0.15) is 10.5 Å². The molecule has 6 nitrogen and oxygen atoms in total. The number of nitrogens with one attached hydrogen (secondary N) is 1. The molecule has 0 saturated carbocycles. The van der Waals surface area contributed by atoms with Crippen LogP contribution in [0.4, 0.5) is 10.9 Å². The summed E-state index contributed by atoms with van der Waals surface area (Å²) < 4.78 is 0. The van der Waals surface area contributed by atoms with Gasteiger partial charge in [-0.25, -0.2) is 9.97 Å². The lowest BCUT2D eigenvalue weighted by Gasteiger charge is -1.99. The van der Waals surface area contributed by atoms with E-state index in [0.29, 0.717) is 10.9 Å². The lowest BCUT2D eigenvalue weighted by Crippen LogP contribution is -2.13. The fourth-order valence-electron chi connectivity index (χ4n) is 0.936. The zero-order valence-corrected chi connectivity index (χ0v) is 8.36. The van der Waals surface area contributed by atoms with Crippen LogP contribution in [-0.2, 0) is 0 Å². The molecule has 7 heteroatoms. The largest absolute Gasteiger partial charge is 0.375 e. The third kappa shape index (κ3) is 2.26. The number of nitrogens with zero attached hydrogens (tertiary/aromatic N) is 3. The van der Waals surface area contributed by atoms with Gasteiger partial charge in [-0.15, -0.1) is 11.3 Å². The highest BCUT2D eigenvalue weighted by Gasteiger charge is 2.09. The number of amides is 1. The Kier molecular flexibility index (Phi) is 2.55. The number of nitrogens with two attached hydrogens (primary N) is 1. The topological polar surface area (TPSA) is 93.8 Å². The van der Waals surface area contributed by atoms with Gasteiger partial charge in [0.25, 0.3) is 5.91 Å². The molecular weight excluding hydrogens is 214 g/mol. The summed E-state index contributed by atoms with van der Waals surface area (Å²) in [5.74, 6) is 0.0394. The molecule has 0 bridgehead atoms. The maximum atomic E-state index is 11.5. The third-order valence-electron chi connectivity index (χ3n) is 1.56. The van der Waals surface area contributed by atoms with Crippen molar-refractivity contribution in [2.24, 2.45) is 0 Å². The van der Waals surface area contributed by atoms with Gasteiger partial charge in [-0.1, -0.05) is 0 Å². The lowest BCUT2D eigenvalue weighted by atomic mass is 10.4. The van der Waals surface area contributed by atoms with Gasteiger partial charge in [0.05, 0.1) is 6.20 Å². The van der Waals surface area contributed by atoms with E-state index in [1.54, 1.807) is 5.38 Å². The Balaban J connectivity index is 2.11. The number of anilines is 2. The third-order valence-corrected chi connectivity index (χ3v) is 2.23. The van der Waals surface area contributed by atoms with Gasteiger partial charge in [-0.05, 0) is 0 Å². The molecule has 0 fully saturated rings. The average molecular weight is 221 g/mol. The minimum Gasteiger partial charge on any atom is -0.375 e. The van der Waals surface area contributed by atoms with Crippen molar-refractivity contribution in [1.82, 2.24) is 15.0 Å². The quantitative estimate of drug-likeness (QED) is 0.781. The highest BCUT2D eigenvalue weighted by Crippen LogP contribution is 2.12. The van der Waals surface area contributed by atoms with E-state index in [0.717, 1.165) is 0 Å². The predicted octanol–water partition coefficient (Wildman–Crippen LogP) is 0.768. The summed E-state index contributed by atoms with van der Waals surface area (Å²) in [7, 11) is 0. The number of hydrogen-bond donors (Lipinski definition) is 2. The zero-order chi connectivity index (χ0) is 10.7. The second kappa shape index (κ2) is 4.01. The first-order chi connectivity index (χ1) is 7.25. The van der Waals surface area contributed by atoms with Crippen molar-refractivity contribution in [2.75, 3.05) is 11.1 Å². The Labute approximate surface area is 89.2 Å². The van der Waals surface area contributed by atoms with E-state index in [-0.39, 0.29) is 11.6 Å². The molecule has 15 heavy (non-hydrogen) atoms. The standard InChI is InChI=1S/C8H7N5OS/c9-8-12-5(4-15-8)7(14)13-6-3-10-1-2-11-6/h1-4H,(H2,9,12)(H,11,13,14). The van der Waals surface area contributed by atoms with Gasteiger partial charge in [0, 0.05) is 17.8 Å². The number of aromatic nitrogens is 3. The van der Waals surface area contributed by atoms with Crippen molar-refractivity contribution in [3.8, 4) is 0 Å². The molecule has 2 aromatic heterocycles. The molecule has 76 valence electrons. The van der Waals surface area contributed by atoms with Gasteiger partial charge in [0.15, 0.2) is 10.9 Å². The fourth-order valence-corrected chi connectivity index (χ4v) is 1.48. The van der Waals surface area contributed by atoms with E-state index in [1.165, 1.54) is 29.9 Å². The van der Waals surface area contributed by atoms with Crippen molar-refractivity contribution in [3.63, 3.8) is 0 Å². The van der Waals surface area contributed by atoms with Gasteiger partial charge in [0.2, 0.25) is 0 Å². The molecule has 0 atom stereocenters. The van der Waals surface area contributed by atoms with Gasteiger partial charge < -0.3 is 11.1 Å². The van der Waals surface area contributed by atoms with Crippen LogP contribution in [0.25, 0.3) is 0 Å². The molecule has 0 radical (unpaired) electrons. The maximum Gasteiger partial charge on any atom is 0.276 e. The summed E-state index contributed by atoms with van der Waals surface area (Å²) >= 11 is 1.21. The Morgan fingerprint density at radius 3 is 2.93 bits per heavy atom. The molecule has 0 aromatic carbocycles. The molecule has 2 aromatic rings. The summed E-state index contributed by atoms with van der Waals surface area (Å²) in [4.78, 5) is 23.1. The maximum absolute atomic E-state index is 11.5. The van der Waals surface area contributed by atoms with E-state index in [2.05, 4.69) is 20.3 Å². The van der Waals surface area contributed by atoms with Gasteiger partial charge in [0.1, 0.15) is 5.69 Å². The zero-order valence-electron chi connectivity index (χ0n) is 7.54. The molecule has 2 heterocycles. The summed E-state index contributed by atoms with van der Waals surface area (Å²) in [5.41, 5.74) is 5.69. The van der Waals surface area contributed by atoms with E-state index >= 15 is 0 Å². The molecule has 0 spiro atoms. The summed E-state index contributed by atoms with van der Waals surface area (Å²) in [6, 6.07) is 0. The van der Waals surface area contributed by atoms with Crippen molar-refractivity contribution in [2.45, 2.75) is 0 Å². The molecule has 1 amide bonds. The summed E-state index contributed by atoms with van der Waals surface area (Å²) in [6.07, 6.45) is 4.47. The van der Waals surface area contributed by atoms with Crippen molar-refractivity contribution in [3.05, 3.63) is 29.7 Å². The van der Waals surface area contributed by atoms with E-state index < -0.39 is 0 Å². The highest BCUT2D eigenvalue weighted by molar-refractivity contribution is 7.13. The molecule has 0 unspecified atom stereocenters. The predicted molar refractivity (Wildman–Crippen MR) is 56.5 cm³/mol. The van der Waals surface area contributed by atoms with E-state index in [9.17, 15) is 4.79 Å². The van der Waals surface area contributed by atoms with Gasteiger partial charge in [-0.2, -0.15) is 0 Å². The lowest BCUT2D eigenvalue weighted by molar-refractivity contribution is 0.102. The highest BCUT2D eigenvalue weighted by atomic mass is 32.1. The Bertz CT molecular complexity index is 469. The molecule has 3 N–H and O–H groups in total. The van der Waals surface area contributed by atoms with Gasteiger partial charge in [-0.3, -0.25) is 9.78 Å². The Morgan fingerprint density at radius 2 is 2.33 bits per heavy atom. The summed E-state index contributed by atoms with van der Waals surface area (Å²) in [6.45, 7) is 0. The van der Waals surface area contributed by atoms with Crippen LogP contribution >= 0.6 is 11.3 Å². The molecule has 2 rings (SSSR count). The Morgan fingerprint density at radius 1 is 1.47 bits per heavy atom. The summed E-state index contributed by atoms with van der Waals surface area (Å²) in [5, 5.41) is 4.49. The normalized spacial score (nSPS) is 9.87. The second-order valence-electron chi connectivity index (χ2n) is 2.62. The smallest absolute Gasteiger partial charge is 0.276 e. The molecule has 0 aliphatic heterocycles. The number of thiazole rings is 1. The molecule has 0 aliphatic carbocycles. The number of carbonyl (C=O) groups excluding carboxylic acids is 1. The Hall–Kier alpha value is -2.02. The van der Waals surface area contributed by atoms with Crippen LogP contribution in [0.2, 0.25) is 0 Å². The van der Waals surface area contributed by atoms with Crippen molar-refractivity contribution >= 4 is 28.2 Å². The van der Waals surface area contributed by atoms with Crippen LogP contribution < -0.4 is 11.1 Å². The first-order valence-electron chi connectivity index (χ1n) is 4.04. The van der Waals surface area contributed by atoms with E-state index in [1.807, 2.05) is 0 Å². The van der Waals surface area contributed by atoms with Crippen molar-refractivity contribution in [1.29, 1.82) is 0 Å². The van der Waals surface area contributed by atoms with E-state index in [4.69, 9.17) is 5.73 Å². The molecule has 0 saturated heterocycles. The monoisotopic (exact) mass is 221 g/mol. The number of hydrogen-bond acceptors (Lipinski definition) is 6. The number of rotatable bonds is 2. The second-order valence-corrected chi connectivity index (χ2v) is 3.51. The average Bonchev–Trinajstić information content (AvgIpc) is 2.66. The SMILES string of the molecule is Nc1nc(C(=O)Nc2cnccn2)cs1. The molecular formula is C8H7N5OS. The minimum absolute atomic E-state index is 0.281. The first kappa shape index (κ1) is 9.53. The molecule has 0 aliphatic rings. The number of carbonyl (C=O) groups is 1. The number of nitrogen functional groups attached to an aromatic ring is 1. The van der Waals surface area contributed by atoms with Crippen LogP contribution in [0.5, 0.6) is 0 Å². The van der Waals surface area contributed by atoms with Crippen LogP contribution in [-0.4, -0.2) is 20.9 Å². The van der Waals surface area contributed by atoms with Crippen LogP contribution in [0, 0.1) is 0 Å². The van der Waals surface area contributed by atoms with Crippen LogP contribution in [0.15, 0.2) is 24.0 Å². The van der Waals surface area contributed by atoms with Gasteiger partial charge >= 0.3 is 0 Å². The first-order valence-corrected chi connectivity index (χ1v) is 4.92.